The van der Waals surface area contributed by atoms with Crippen LogP contribution in [-0.4, -0.2) is 25.7 Å². The van der Waals surface area contributed by atoms with Gasteiger partial charge in [-0.05, 0) is 13.1 Å². The molecule has 1 nitrogen and oxygen atoms in total. The third-order valence-corrected chi connectivity index (χ3v) is 1.14. The second-order valence-electron chi connectivity index (χ2n) is 2.18. The van der Waals surface area contributed by atoms with Gasteiger partial charge >= 0.3 is 12.1 Å². The third kappa shape index (κ3) is 2.91. The first-order valence-corrected chi connectivity index (χ1v) is 3.18. The highest BCUT2D eigenvalue weighted by Crippen LogP contribution is 2.41. The SMILES string of the molecule is CNC/C=C(\F)C(F)(F)C(F)(F)F. The molecule has 0 radical (unpaired) electrons. The Labute approximate surface area is 70.4 Å². The highest BCUT2D eigenvalue weighted by atomic mass is 19.4. The van der Waals surface area contributed by atoms with E-state index < -0.39 is 24.5 Å². The van der Waals surface area contributed by atoms with E-state index in [1.54, 1.807) is 0 Å². The number of allylic oxidation sites excluding steroid dienone is 1. The van der Waals surface area contributed by atoms with Crippen LogP contribution in [0.25, 0.3) is 0 Å². The lowest BCUT2D eigenvalue weighted by molar-refractivity contribution is -0.270. The molecule has 0 aliphatic heterocycles. The maximum Gasteiger partial charge on any atom is 0.460 e. The van der Waals surface area contributed by atoms with Gasteiger partial charge < -0.3 is 5.32 Å². The van der Waals surface area contributed by atoms with E-state index in [1.807, 2.05) is 0 Å². The van der Waals surface area contributed by atoms with Crippen LogP contribution in [0.3, 0.4) is 0 Å². The number of hydrogen-bond acceptors (Lipinski definition) is 1. The van der Waals surface area contributed by atoms with Gasteiger partial charge in [0.2, 0.25) is 0 Å². The maximum atomic E-state index is 12.2. The number of alkyl halides is 5. The molecule has 0 amide bonds. The Hall–Kier alpha value is -0.720. The summed E-state index contributed by atoms with van der Waals surface area (Å²) in [6.07, 6.45) is -5.74. The molecular weight excluding hydrogens is 200 g/mol. The van der Waals surface area contributed by atoms with Crippen molar-refractivity contribution >= 4 is 0 Å². The summed E-state index contributed by atoms with van der Waals surface area (Å²) in [6.45, 7) is -0.391. The van der Waals surface area contributed by atoms with Crippen LogP contribution in [0.2, 0.25) is 0 Å². The normalized spacial score (nSPS) is 14.8. The van der Waals surface area contributed by atoms with E-state index in [0.29, 0.717) is 0 Å². The Bertz CT molecular complexity index is 194. The summed E-state index contributed by atoms with van der Waals surface area (Å²) in [7, 11) is 1.29. The maximum absolute atomic E-state index is 12.2. The zero-order chi connectivity index (χ0) is 10.7. The van der Waals surface area contributed by atoms with Crippen molar-refractivity contribution in [1.29, 1.82) is 0 Å². The Balaban J connectivity index is 4.63. The van der Waals surface area contributed by atoms with Crippen LogP contribution in [-0.2, 0) is 0 Å². The molecule has 0 aromatic heterocycles. The number of rotatable bonds is 3. The molecule has 0 aromatic carbocycles. The van der Waals surface area contributed by atoms with Crippen LogP contribution in [0.15, 0.2) is 11.9 Å². The molecule has 0 saturated heterocycles. The Morgan fingerprint density at radius 1 is 1.23 bits per heavy atom. The summed E-state index contributed by atoms with van der Waals surface area (Å²) in [5, 5.41) is 2.21. The van der Waals surface area contributed by atoms with E-state index in [0.717, 1.165) is 0 Å². The molecule has 0 fully saturated rings. The number of hydrogen-bond donors (Lipinski definition) is 1. The average Bonchev–Trinajstić information content (AvgIpc) is 1.97. The fourth-order valence-corrected chi connectivity index (χ4v) is 0.455. The highest BCUT2D eigenvalue weighted by molar-refractivity contribution is 5.08. The summed E-state index contributed by atoms with van der Waals surface area (Å²) in [5.74, 6) is -7.89. The van der Waals surface area contributed by atoms with E-state index in [9.17, 15) is 26.3 Å². The van der Waals surface area contributed by atoms with Gasteiger partial charge in [0, 0.05) is 6.54 Å². The Kier molecular flexibility index (Phi) is 3.77. The molecule has 0 aliphatic rings. The van der Waals surface area contributed by atoms with Crippen LogP contribution in [0, 0.1) is 0 Å². The molecule has 78 valence electrons. The molecule has 0 saturated carbocycles. The smallest absolute Gasteiger partial charge is 0.316 e. The molecule has 0 rings (SSSR count). The molecule has 0 unspecified atom stereocenters. The molecule has 0 spiro atoms. The minimum Gasteiger partial charge on any atom is -0.316 e. The molecule has 7 heteroatoms. The number of halogens is 6. The molecule has 13 heavy (non-hydrogen) atoms. The predicted molar refractivity (Wildman–Crippen MR) is 34.1 cm³/mol. The first-order valence-electron chi connectivity index (χ1n) is 3.18. The molecule has 0 atom stereocenters. The van der Waals surface area contributed by atoms with Crippen molar-refractivity contribution in [2.24, 2.45) is 0 Å². The molecule has 1 N–H and O–H groups in total. The molecule has 0 aromatic rings. The second-order valence-corrected chi connectivity index (χ2v) is 2.18. The molecule has 0 heterocycles. The summed E-state index contributed by atoms with van der Waals surface area (Å²) in [4.78, 5) is 0. The van der Waals surface area contributed by atoms with Gasteiger partial charge in [0.25, 0.3) is 0 Å². The van der Waals surface area contributed by atoms with E-state index in [-0.39, 0.29) is 6.08 Å². The van der Waals surface area contributed by atoms with Crippen molar-refractivity contribution < 1.29 is 26.3 Å². The van der Waals surface area contributed by atoms with Crippen molar-refractivity contribution in [3.8, 4) is 0 Å². The summed E-state index contributed by atoms with van der Waals surface area (Å²) < 4.78 is 70.7. The Morgan fingerprint density at radius 3 is 2.00 bits per heavy atom. The molecular formula is C6H7F6N. The summed E-state index contributed by atoms with van der Waals surface area (Å²) >= 11 is 0. The van der Waals surface area contributed by atoms with Gasteiger partial charge in [-0.2, -0.15) is 22.0 Å². The van der Waals surface area contributed by atoms with Crippen LogP contribution < -0.4 is 5.32 Å². The van der Waals surface area contributed by atoms with Gasteiger partial charge in [0.1, 0.15) is 0 Å². The number of nitrogens with one attached hydrogen (secondary N) is 1. The minimum atomic E-state index is -5.89. The van der Waals surface area contributed by atoms with Crippen LogP contribution in [0.1, 0.15) is 0 Å². The average molecular weight is 207 g/mol. The highest BCUT2D eigenvalue weighted by Gasteiger charge is 2.60. The zero-order valence-electron chi connectivity index (χ0n) is 6.55. The van der Waals surface area contributed by atoms with Crippen LogP contribution >= 0.6 is 0 Å². The Morgan fingerprint density at radius 2 is 1.69 bits per heavy atom. The van der Waals surface area contributed by atoms with Gasteiger partial charge in [-0.25, -0.2) is 4.39 Å². The lowest BCUT2D eigenvalue weighted by atomic mass is 10.2. The third-order valence-electron chi connectivity index (χ3n) is 1.14. The lowest BCUT2D eigenvalue weighted by Crippen LogP contribution is -2.37. The quantitative estimate of drug-likeness (QED) is 0.700. The monoisotopic (exact) mass is 207 g/mol. The summed E-state index contributed by atoms with van der Waals surface area (Å²) in [6, 6.07) is 0. The van der Waals surface area contributed by atoms with Gasteiger partial charge in [-0.3, -0.25) is 0 Å². The fraction of sp³-hybridized carbons (Fsp3) is 0.667. The van der Waals surface area contributed by atoms with Crippen molar-refractivity contribution in [2.45, 2.75) is 12.1 Å². The molecule has 0 aliphatic carbocycles. The topological polar surface area (TPSA) is 12.0 Å². The zero-order valence-corrected chi connectivity index (χ0v) is 6.55. The van der Waals surface area contributed by atoms with Crippen LogP contribution in [0.4, 0.5) is 26.3 Å². The fourth-order valence-electron chi connectivity index (χ4n) is 0.455. The van der Waals surface area contributed by atoms with Crippen LogP contribution in [0.5, 0.6) is 0 Å². The van der Waals surface area contributed by atoms with Crippen molar-refractivity contribution in [1.82, 2.24) is 5.32 Å². The van der Waals surface area contributed by atoms with Crippen molar-refractivity contribution in [3.05, 3.63) is 11.9 Å². The van der Waals surface area contributed by atoms with Crippen molar-refractivity contribution in [3.63, 3.8) is 0 Å². The first-order chi connectivity index (χ1) is 5.73. The lowest BCUT2D eigenvalue weighted by Gasteiger charge is -2.17. The van der Waals surface area contributed by atoms with E-state index in [2.05, 4.69) is 5.32 Å². The van der Waals surface area contributed by atoms with E-state index >= 15 is 0 Å². The standard InChI is InChI=1S/C6H7F6N/c1-13-3-2-4(7)5(8,9)6(10,11)12/h2,13H,3H2,1H3/b4-2-. The largest absolute Gasteiger partial charge is 0.460 e. The molecule has 0 bridgehead atoms. The number of likely N-dealkylation sites (N-methyl/N-ethyl adjacent to an activating group) is 1. The van der Waals surface area contributed by atoms with E-state index in [1.165, 1.54) is 7.05 Å². The first kappa shape index (κ1) is 12.3. The van der Waals surface area contributed by atoms with Gasteiger partial charge in [0.05, 0.1) is 0 Å². The van der Waals surface area contributed by atoms with Crippen molar-refractivity contribution in [2.75, 3.05) is 13.6 Å². The predicted octanol–water partition coefficient (Wildman–Crippen LogP) is 2.26. The second kappa shape index (κ2) is 3.99. The van der Waals surface area contributed by atoms with Gasteiger partial charge in [0.15, 0.2) is 5.83 Å². The van der Waals surface area contributed by atoms with Gasteiger partial charge in [-0.15, -0.1) is 0 Å². The minimum absolute atomic E-state index is 0.146. The van der Waals surface area contributed by atoms with Gasteiger partial charge in [-0.1, -0.05) is 0 Å². The van der Waals surface area contributed by atoms with E-state index in [4.69, 9.17) is 0 Å². The summed E-state index contributed by atoms with van der Waals surface area (Å²) in [5.41, 5.74) is 0.